The second-order valence-corrected chi connectivity index (χ2v) is 4.24. The van der Waals surface area contributed by atoms with Crippen LogP contribution in [0.15, 0.2) is 0 Å². The molecule has 2 saturated carbocycles. The Balaban J connectivity index is 0.000000112. The van der Waals surface area contributed by atoms with E-state index in [4.69, 9.17) is 0 Å². The lowest BCUT2D eigenvalue weighted by Gasteiger charge is -1.91. The zero-order valence-electron chi connectivity index (χ0n) is 8.10. The van der Waals surface area contributed by atoms with Gasteiger partial charge in [-0.05, 0) is 11.8 Å². The summed E-state index contributed by atoms with van der Waals surface area (Å²) in [7, 11) is 0. The van der Waals surface area contributed by atoms with Crippen molar-refractivity contribution < 1.29 is 0 Å². The van der Waals surface area contributed by atoms with Gasteiger partial charge in [-0.2, -0.15) is 0 Å². The average Bonchev–Trinajstić information content (AvgIpc) is 2.75. The van der Waals surface area contributed by atoms with Crippen LogP contribution in [-0.4, -0.2) is 0 Å². The van der Waals surface area contributed by atoms with E-state index in [2.05, 4.69) is 13.8 Å². The predicted octanol–water partition coefficient (Wildman–Crippen LogP) is 4.00. The molecule has 0 spiro atoms. The second kappa shape index (κ2) is 4.79. The molecule has 0 aliphatic heterocycles. The van der Waals surface area contributed by atoms with Crippen molar-refractivity contribution in [1.29, 1.82) is 0 Å². The lowest BCUT2D eigenvalue weighted by atomic mass is 10.2. The van der Waals surface area contributed by atoms with Gasteiger partial charge in [0.1, 0.15) is 0 Å². The van der Waals surface area contributed by atoms with Crippen molar-refractivity contribution in [3.8, 4) is 0 Å². The zero-order chi connectivity index (χ0) is 8.10. The van der Waals surface area contributed by atoms with Crippen LogP contribution >= 0.6 is 0 Å². The maximum Gasteiger partial charge on any atom is -0.0417 e. The van der Waals surface area contributed by atoms with Crippen molar-refractivity contribution in [1.82, 2.24) is 0 Å². The first-order valence-corrected chi connectivity index (χ1v) is 5.33. The minimum Gasteiger partial charge on any atom is -0.0651 e. The van der Waals surface area contributed by atoms with Crippen LogP contribution in [0.5, 0.6) is 0 Å². The Morgan fingerprint density at radius 3 is 1.64 bits per heavy atom. The van der Waals surface area contributed by atoms with Crippen LogP contribution < -0.4 is 0 Å². The molecule has 0 amide bonds. The molecule has 0 atom stereocenters. The molecule has 2 aliphatic carbocycles. The summed E-state index contributed by atoms with van der Waals surface area (Å²) in [5.74, 6) is 2.18. The van der Waals surface area contributed by atoms with Crippen molar-refractivity contribution in [2.24, 2.45) is 11.8 Å². The van der Waals surface area contributed by atoms with E-state index in [9.17, 15) is 0 Å². The van der Waals surface area contributed by atoms with Gasteiger partial charge in [-0.15, -0.1) is 0 Å². The first-order valence-electron chi connectivity index (χ1n) is 5.33. The third-order valence-corrected chi connectivity index (χ3v) is 2.92. The molecule has 0 saturated heterocycles. The normalized spacial score (nSPS) is 24.5. The Labute approximate surface area is 71.4 Å². The van der Waals surface area contributed by atoms with Crippen LogP contribution in [-0.2, 0) is 0 Å². The van der Waals surface area contributed by atoms with E-state index >= 15 is 0 Å². The molecule has 66 valence electrons. The van der Waals surface area contributed by atoms with Crippen LogP contribution in [0.3, 0.4) is 0 Å². The molecule has 2 rings (SSSR count). The highest BCUT2D eigenvalue weighted by molar-refractivity contribution is 4.69. The van der Waals surface area contributed by atoms with Gasteiger partial charge in [0.15, 0.2) is 0 Å². The van der Waals surface area contributed by atoms with Crippen LogP contribution in [0.1, 0.15) is 58.8 Å². The molecular weight excluding hydrogens is 132 g/mol. The molecule has 0 N–H and O–H groups in total. The van der Waals surface area contributed by atoms with E-state index in [1.165, 1.54) is 44.9 Å². The predicted molar refractivity (Wildman–Crippen MR) is 50.6 cm³/mol. The smallest absolute Gasteiger partial charge is 0.0417 e. The molecular formula is C11H22. The maximum atomic E-state index is 2.34. The van der Waals surface area contributed by atoms with Gasteiger partial charge >= 0.3 is 0 Å². The van der Waals surface area contributed by atoms with Crippen molar-refractivity contribution in [3.05, 3.63) is 0 Å². The highest BCUT2D eigenvalue weighted by atomic mass is 14.2. The minimum atomic E-state index is 1.05. The van der Waals surface area contributed by atoms with E-state index in [1.54, 1.807) is 0 Å². The molecule has 0 heterocycles. The fourth-order valence-corrected chi connectivity index (χ4v) is 1.66. The van der Waals surface area contributed by atoms with E-state index < -0.39 is 0 Å². The summed E-state index contributed by atoms with van der Waals surface area (Å²) in [6, 6.07) is 0. The lowest BCUT2D eigenvalue weighted by molar-refractivity contribution is 0.612. The van der Waals surface area contributed by atoms with Gasteiger partial charge < -0.3 is 0 Å². The van der Waals surface area contributed by atoms with Crippen molar-refractivity contribution in [2.45, 2.75) is 58.8 Å². The van der Waals surface area contributed by atoms with Crippen LogP contribution in [0.25, 0.3) is 0 Å². The van der Waals surface area contributed by atoms with E-state index in [1.807, 2.05) is 0 Å². The van der Waals surface area contributed by atoms with Gasteiger partial charge in [-0.25, -0.2) is 0 Å². The molecule has 11 heavy (non-hydrogen) atoms. The van der Waals surface area contributed by atoms with E-state index in [-0.39, 0.29) is 0 Å². The monoisotopic (exact) mass is 154 g/mol. The Morgan fingerprint density at radius 2 is 1.55 bits per heavy atom. The molecule has 0 aromatic rings. The minimum absolute atomic E-state index is 1.05. The average molecular weight is 154 g/mol. The van der Waals surface area contributed by atoms with Gasteiger partial charge in [0.05, 0.1) is 0 Å². The van der Waals surface area contributed by atoms with Gasteiger partial charge in [0.2, 0.25) is 0 Å². The Morgan fingerprint density at radius 1 is 1.00 bits per heavy atom. The number of hydrogen-bond acceptors (Lipinski definition) is 0. The quantitative estimate of drug-likeness (QED) is 0.535. The second-order valence-electron chi connectivity index (χ2n) is 4.24. The molecule has 0 aromatic heterocycles. The molecule has 0 unspecified atom stereocenters. The van der Waals surface area contributed by atoms with Gasteiger partial charge in [-0.1, -0.05) is 58.8 Å². The molecule has 0 aromatic carbocycles. The first-order chi connectivity index (χ1) is 5.33. The molecule has 2 fully saturated rings. The first kappa shape index (κ1) is 9.09. The van der Waals surface area contributed by atoms with Crippen LogP contribution in [0.2, 0.25) is 0 Å². The summed E-state index contributed by atoms with van der Waals surface area (Å²) >= 11 is 0. The summed E-state index contributed by atoms with van der Waals surface area (Å²) < 4.78 is 0. The Kier molecular flexibility index (Phi) is 3.96. The van der Waals surface area contributed by atoms with E-state index in [0.717, 1.165) is 11.8 Å². The molecule has 2 aliphatic rings. The number of hydrogen-bond donors (Lipinski definition) is 0. The Bertz CT molecular complexity index is 86.2. The summed E-state index contributed by atoms with van der Waals surface area (Å²) in [5, 5.41) is 0. The maximum absolute atomic E-state index is 2.34. The third kappa shape index (κ3) is 4.44. The molecule has 0 heteroatoms. The fourth-order valence-electron chi connectivity index (χ4n) is 1.66. The standard InChI is InChI=1S/C6H12.C5H10/c1-6-4-2-3-5-6;1-2-5-3-4-5/h6H,2-5H2,1H3;5H,2-4H2,1H3. The largest absolute Gasteiger partial charge is 0.0651 e. The fraction of sp³-hybridized carbons (Fsp3) is 1.00. The summed E-state index contributed by atoms with van der Waals surface area (Å²) in [5.41, 5.74) is 0. The number of rotatable bonds is 1. The van der Waals surface area contributed by atoms with E-state index in [0.29, 0.717) is 0 Å². The van der Waals surface area contributed by atoms with Crippen LogP contribution in [0, 0.1) is 11.8 Å². The van der Waals surface area contributed by atoms with Crippen molar-refractivity contribution in [2.75, 3.05) is 0 Å². The van der Waals surface area contributed by atoms with Gasteiger partial charge in [-0.3, -0.25) is 0 Å². The summed E-state index contributed by atoms with van der Waals surface area (Å²) in [4.78, 5) is 0. The highest BCUT2D eigenvalue weighted by Gasteiger charge is 2.17. The molecule has 0 nitrogen and oxygen atoms in total. The molecule has 0 radical (unpaired) electrons. The highest BCUT2D eigenvalue weighted by Crippen LogP contribution is 2.31. The lowest BCUT2D eigenvalue weighted by Crippen LogP contribution is -1.78. The van der Waals surface area contributed by atoms with Gasteiger partial charge in [0.25, 0.3) is 0 Å². The summed E-state index contributed by atoms with van der Waals surface area (Å²) in [6.07, 6.45) is 10.4. The Hall–Kier alpha value is 0. The topological polar surface area (TPSA) is 0 Å². The zero-order valence-corrected chi connectivity index (χ0v) is 8.10. The summed E-state index contributed by atoms with van der Waals surface area (Å²) in [6.45, 7) is 4.60. The third-order valence-electron chi connectivity index (χ3n) is 2.92. The van der Waals surface area contributed by atoms with Gasteiger partial charge in [0, 0.05) is 0 Å². The van der Waals surface area contributed by atoms with Crippen LogP contribution in [0.4, 0.5) is 0 Å². The van der Waals surface area contributed by atoms with Crippen molar-refractivity contribution >= 4 is 0 Å². The SMILES string of the molecule is CC1CCCC1.CCC1CC1. The molecule has 0 bridgehead atoms. The van der Waals surface area contributed by atoms with Crippen molar-refractivity contribution in [3.63, 3.8) is 0 Å².